The number of hydrogen-bond acceptors (Lipinski definition) is 3. The molecule has 0 aliphatic rings. The van der Waals surface area contributed by atoms with Gasteiger partial charge in [0, 0.05) is 10.0 Å². The molecule has 0 amide bonds. The van der Waals surface area contributed by atoms with Gasteiger partial charge in [-0.15, -0.1) is 0 Å². The minimum atomic E-state index is -0.882. The predicted octanol–water partition coefficient (Wildman–Crippen LogP) is 2.40. The van der Waals surface area contributed by atoms with E-state index >= 15 is 0 Å². The number of methoxy groups -OCH3 is 2. The average Bonchev–Trinajstić information content (AvgIpc) is 2.24. The highest BCUT2D eigenvalue weighted by Crippen LogP contribution is 2.38. The maximum Gasteiger partial charge on any atom is 0.307 e. The fraction of sp³-hybridized carbons (Fsp3) is 0.364. The molecule has 4 nitrogen and oxygen atoms in total. The van der Waals surface area contributed by atoms with Gasteiger partial charge >= 0.3 is 5.97 Å². The predicted molar refractivity (Wildman–Crippen MR) is 63.3 cm³/mol. The van der Waals surface area contributed by atoms with Crippen molar-refractivity contribution < 1.29 is 19.4 Å². The van der Waals surface area contributed by atoms with Gasteiger partial charge in [-0.3, -0.25) is 4.79 Å². The highest BCUT2D eigenvalue weighted by atomic mass is 79.9. The van der Waals surface area contributed by atoms with E-state index in [1.165, 1.54) is 7.11 Å². The highest BCUT2D eigenvalue weighted by Gasteiger charge is 2.16. The first-order valence-electron chi connectivity index (χ1n) is 4.63. The molecule has 0 bridgehead atoms. The normalized spacial score (nSPS) is 10.0. The average molecular weight is 289 g/mol. The third-order valence-electron chi connectivity index (χ3n) is 2.25. The smallest absolute Gasteiger partial charge is 0.307 e. The van der Waals surface area contributed by atoms with E-state index in [2.05, 4.69) is 15.9 Å². The molecule has 0 spiro atoms. The van der Waals surface area contributed by atoms with Crippen LogP contribution < -0.4 is 9.47 Å². The molecule has 1 rings (SSSR count). The molecule has 0 aliphatic heterocycles. The molecule has 0 aromatic heterocycles. The Labute approximate surface area is 102 Å². The van der Waals surface area contributed by atoms with E-state index in [1.807, 2.05) is 6.92 Å². The van der Waals surface area contributed by atoms with E-state index in [1.54, 1.807) is 13.2 Å². The quantitative estimate of drug-likeness (QED) is 0.924. The standard InChI is InChI=1S/C11H13BrO4/c1-6-10(12)7(5-9(13)14)4-8(15-2)11(6)16-3/h4H,5H2,1-3H3,(H,13,14). The monoisotopic (exact) mass is 288 g/mol. The van der Waals surface area contributed by atoms with Crippen molar-refractivity contribution in [2.75, 3.05) is 14.2 Å². The number of hydrogen-bond donors (Lipinski definition) is 1. The molecule has 5 heteroatoms. The van der Waals surface area contributed by atoms with Crippen LogP contribution in [-0.4, -0.2) is 25.3 Å². The van der Waals surface area contributed by atoms with Crippen LogP contribution in [0.3, 0.4) is 0 Å². The lowest BCUT2D eigenvalue weighted by Crippen LogP contribution is -2.04. The molecule has 0 fully saturated rings. The highest BCUT2D eigenvalue weighted by molar-refractivity contribution is 9.10. The van der Waals surface area contributed by atoms with E-state index < -0.39 is 5.97 Å². The first-order valence-corrected chi connectivity index (χ1v) is 5.42. The molecule has 1 aromatic carbocycles. The molecule has 0 atom stereocenters. The molecule has 0 saturated carbocycles. The zero-order chi connectivity index (χ0) is 12.3. The zero-order valence-electron chi connectivity index (χ0n) is 9.33. The van der Waals surface area contributed by atoms with Gasteiger partial charge in [-0.1, -0.05) is 15.9 Å². The summed E-state index contributed by atoms with van der Waals surface area (Å²) in [7, 11) is 3.07. The summed E-state index contributed by atoms with van der Waals surface area (Å²) in [6, 6.07) is 1.67. The van der Waals surface area contributed by atoms with Crippen LogP contribution in [0.5, 0.6) is 11.5 Å². The Kier molecular flexibility index (Phi) is 4.18. The fourth-order valence-electron chi connectivity index (χ4n) is 1.51. The molecule has 0 radical (unpaired) electrons. The lowest BCUT2D eigenvalue weighted by Gasteiger charge is -2.14. The van der Waals surface area contributed by atoms with Gasteiger partial charge in [0.15, 0.2) is 11.5 Å². The van der Waals surface area contributed by atoms with E-state index in [4.69, 9.17) is 14.6 Å². The molecule has 1 aromatic rings. The minimum Gasteiger partial charge on any atom is -0.493 e. The Hall–Kier alpha value is -1.23. The molecule has 0 saturated heterocycles. The van der Waals surface area contributed by atoms with Crippen molar-refractivity contribution in [3.63, 3.8) is 0 Å². The number of aliphatic carboxylic acids is 1. The van der Waals surface area contributed by atoms with Crippen LogP contribution in [0.1, 0.15) is 11.1 Å². The minimum absolute atomic E-state index is 0.0538. The third-order valence-corrected chi connectivity index (χ3v) is 3.35. The van der Waals surface area contributed by atoms with Crippen molar-refractivity contribution in [3.8, 4) is 11.5 Å². The Balaban J connectivity index is 3.32. The molecular formula is C11H13BrO4. The topological polar surface area (TPSA) is 55.8 Å². The van der Waals surface area contributed by atoms with Gasteiger partial charge in [-0.25, -0.2) is 0 Å². The van der Waals surface area contributed by atoms with Crippen molar-refractivity contribution in [2.45, 2.75) is 13.3 Å². The zero-order valence-corrected chi connectivity index (χ0v) is 10.9. The third kappa shape index (κ3) is 2.47. The van der Waals surface area contributed by atoms with E-state index in [-0.39, 0.29) is 6.42 Å². The summed E-state index contributed by atoms with van der Waals surface area (Å²) in [6.07, 6.45) is -0.0538. The number of benzene rings is 1. The van der Waals surface area contributed by atoms with Crippen LogP contribution in [0, 0.1) is 6.92 Å². The van der Waals surface area contributed by atoms with E-state index in [0.717, 1.165) is 10.0 Å². The van der Waals surface area contributed by atoms with Gasteiger partial charge in [-0.05, 0) is 18.6 Å². The molecule has 0 unspecified atom stereocenters. The van der Waals surface area contributed by atoms with Crippen molar-refractivity contribution in [3.05, 3.63) is 21.7 Å². The number of carboxylic acid groups (broad SMARTS) is 1. The molecular weight excluding hydrogens is 276 g/mol. The first kappa shape index (κ1) is 12.8. The van der Waals surface area contributed by atoms with Crippen LogP contribution in [-0.2, 0) is 11.2 Å². The molecule has 0 aliphatic carbocycles. The number of ether oxygens (including phenoxy) is 2. The van der Waals surface area contributed by atoms with Gasteiger partial charge in [0.05, 0.1) is 20.6 Å². The summed E-state index contributed by atoms with van der Waals surface area (Å²) >= 11 is 3.36. The van der Waals surface area contributed by atoms with Crippen LogP contribution in [0.2, 0.25) is 0 Å². The molecule has 88 valence electrons. The van der Waals surface area contributed by atoms with Crippen molar-refractivity contribution >= 4 is 21.9 Å². The number of halogens is 1. The number of carboxylic acids is 1. The van der Waals surface area contributed by atoms with Gasteiger partial charge in [-0.2, -0.15) is 0 Å². The van der Waals surface area contributed by atoms with Crippen LogP contribution in [0.15, 0.2) is 10.5 Å². The second kappa shape index (κ2) is 5.21. The van der Waals surface area contributed by atoms with Crippen molar-refractivity contribution in [1.29, 1.82) is 0 Å². The molecule has 0 heterocycles. The summed E-state index contributed by atoms with van der Waals surface area (Å²) < 4.78 is 11.1. The maximum absolute atomic E-state index is 10.7. The van der Waals surface area contributed by atoms with Gasteiger partial charge in [0.25, 0.3) is 0 Å². The Bertz CT molecular complexity index is 415. The largest absolute Gasteiger partial charge is 0.493 e. The first-order chi connectivity index (χ1) is 7.51. The summed E-state index contributed by atoms with van der Waals surface area (Å²) in [5.41, 5.74) is 1.50. The maximum atomic E-state index is 10.7. The van der Waals surface area contributed by atoms with E-state index in [0.29, 0.717) is 17.1 Å². The van der Waals surface area contributed by atoms with Gasteiger partial charge in [0.1, 0.15) is 0 Å². The van der Waals surface area contributed by atoms with E-state index in [9.17, 15) is 4.79 Å². The fourth-order valence-corrected chi connectivity index (χ4v) is 1.94. The summed E-state index contributed by atoms with van der Waals surface area (Å²) in [5.74, 6) is 0.273. The van der Waals surface area contributed by atoms with Gasteiger partial charge < -0.3 is 14.6 Å². The second-order valence-electron chi connectivity index (χ2n) is 3.28. The lowest BCUT2D eigenvalue weighted by atomic mass is 10.1. The van der Waals surface area contributed by atoms with Crippen LogP contribution in [0.4, 0.5) is 0 Å². The Morgan fingerprint density at radius 2 is 2.06 bits per heavy atom. The van der Waals surface area contributed by atoms with Crippen LogP contribution in [0.25, 0.3) is 0 Å². The number of rotatable bonds is 4. The van der Waals surface area contributed by atoms with Gasteiger partial charge in [0.2, 0.25) is 0 Å². The molecule has 16 heavy (non-hydrogen) atoms. The Morgan fingerprint density at radius 1 is 1.44 bits per heavy atom. The van der Waals surface area contributed by atoms with Crippen molar-refractivity contribution in [1.82, 2.24) is 0 Å². The summed E-state index contributed by atoms with van der Waals surface area (Å²) in [6.45, 7) is 1.84. The second-order valence-corrected chi connectivity index (χ2v) is 4.07. The summed E-state index contributed by atoms with van der Waals surface area (Å²) in [4.78, 5) is 10.7. The molecule has 1 N–H and O–H groups in total. The number of carbonyl (C=O) groups is 1. The Morgan fingerprint density at radius 3 is 2.50 bits per heavy atom. The SMILES string of the molecule is COc1cc(CC(=O)O)c(Br)c(C)c1OC. The van der Waals surface area contributed by atoms with Crippen molar-refractivity contribution in [2.24, 2.45) is 0 Å². The van der Waals surface area contributed by atoms with Crippen LogP contribution >= 0.6 is 15.9 Å². The lowest BCUT2D eigenvalue weighted by molar-refractivity contribution is -0.136. The summed E-state index contributed by atoms with van der Waals surface area (Å²) in [5, 5.41) is 8.78.